The standard InChI is InChI=1S/C11H7ClN2O/c12-10(15)8-3-1-4-9(7-8)11-13-5-2-6-14-11/h1-7H. The second kappa shape index (κ2) is 4.19. The highest BCUT2D eigenvalue weighted by Crippen LogP contribution is 2.16. The highest BCUT2D eigenvalue weighted by atomic mass is 35.5. The average molecular weight is 219 g/mol. The maximum atomic E-state index is 11.0. The zero-order valence-corrected chi connectivity index (χ0v) is 8.48. The SMILES string of the molecule is O=C(Cl)c1cccc(-c2ncccn2)c1. The predicted octanol–water partition coefficient (Wildman–Crippen LogP) is 2.52. The van der Waals surface area contributed by atoms with E-state index < -0.39 is 5.24 Å². The van der Waals surface area contributed by atoms with Crippen LogP contribution in [0.1, 0.15) is 10.4 Å². The van der Waals surface area contributed by atoms with Crippen molar-refractivity contribution in [3.8, 4) is 11.4 Å². The monoisotopic (exact) mass is 218 g/mol. The Morgan fingerprint density at radius 1 is 1.13 bits per heavy atom. The van der Waals surface area contributed by atoms with Gasteiger partial charge in [-0.3, -0.25) is 4.79 Å². The molecule has 74 valence electrons. The summed E-state index contributed by atoms with van der Waals surface area (Å²) in [5.41, 5.74) is 1.23. The van der Waals surface area contributed by atoms with Crippen molar-refractivity contribution in [3.05, 3.63) is 48.3 Å². The van der Waals surface area contributed by atoms with Gasteiger partial charge in [0.15, 0.2) is 5.82 Å². The third kappa shape index (κ3) is 2.19. The van der Waals surface area contributed by atoms with Crippen LogP contribution >= 0.6 is 11.6 Å². The highest BCUT2D eigenvalue weighted by Gasteiger charge is 2.04. The average Bonchev–Trinajstić information content (AvgIpc) is 2.30. The van der Waals surface area contributed by atoms with Crippen LogP contribution in [0.15, 0.2) is 42.7 Å². The molecule has 0 saturated carbocycles. The Hall–Kier alpha value is -1.74. The van der Waals surface area contributed by atoms with E-state index in [9.17, 15) is 4.79 Å². The van der Waals surface area contributed by atoms with Crippen LogP contribution in [-0.4, -0.2) is 15.2 Å². The van der Waals surface area contributed by atoms with Crippen molar-refractivity contribution in [2.75, 3.05) is 0 Å². The smallest absolute Gasteiger partial charge is 0.252 e. The van der Waals surface area contributed by atoms with Crippen LogP contribution in [0.2, 0.25) is 0 Å². The lowest BCUT2D eigenvalue weighted by molar-refractivity contribution is 0.108. The molecule has 0 unspecified atom stereocenters. The Kier molecular flexibility index (Phi) is 2.74. The van der Waals surface area contributed by atoms with E-state index in [-0.39, 0.29) is 0 Å². The van der Waals surface area contributed by atoms with E-state index in [1.54, 1.807) is 36.7 Å². The van der Waals surface area contributed by atoms with Gasteiger partial charge < -0.3 is 0 Å². The second-order valence-electron chi connectivity index (χ2n) is 2.93. The minimum Gasteiger partial charge on any atom is -0.276 e. The van der Waals surface area contributed by atoms with Crippen LogP contribution in [-0.2, 0) is 0 Å². The van der Waals surface area contributed by atoms with Crippen molar-refractivity contribution >= 4 is 16.8 Å². The van der Waals surface area contributed by atoms with Gasteiger partial charge in [0.1, 0.15) is 0 Å². The first-order valence-corrected chi connectivity index (χ1v) is 4.72. The van der Waals surface area contributed by atoms with Crippen molar-refractivity contribution in [1.29, 1.82) is 0 Å². The molecule has 0 N–H and O–H groups in total. The molecule has 3 nitrogen and oxygen atoms in total. The Labute approximate surface area is 91.8 Å². The molecule has 4 heteroatoms. The summed E-state index contributed by atoms with van der Waals surface area (Å²) in [4.78, 5) is 19.1. The number of nitrogens with zero attached hydrogens (tertiary/aromatic N) is 2. The van der Waals surface area contributed by atoms with Crippen molar-refractivity contribution in [2.24, 2.45) is 0 Å². The van der Waals surface area contributed by atoms with Crippen molar-refractivity contribution in [1.82, 2.24) is 9.97 Å². The van der Waals surface area contributed by atoms with Gasteiger partial charge >= 0.3 is 0 Å². The van der Waals surface area contributed by atoms with E-state index in [1.165, 1.54) is 0 Å². The molecule has 0 radical (unpaired) electrons. The maximum absolute atomic E-state index is 11.0. The molecule has 0 aliphatic carbocycles. The van der Waals surface area contributed by atoms with Gasteiger partial charge in [-0.15, -0.1) is 0 Å². The molecule has 0 bridgehead atoms. The molecule has 1 heterocycles. The lowest BCUT2D eigenvalue weighted by Crippen LogP contribution is -1.91. The number of benzene rings is 1. The van der Waals surface area contributed by atoms with Crippen LogP contribution in [0, 0.1) is 0 Å². The number of hydrogen-bond donors (Lipinski definition) is 0. The number of carbonyl (C=O) groups excluding carboxylic acids is 1. The molecular weight excluding hydrogens is 212 g/mol. The summed E-state index contributed by atoms with van der Waals surface area (Å²) in [6.07, 6.45) is 3.30. The predicted molar refractivity (Wildman–Crippen MR) is 57.7 cm³/mol. The van der Waals surface area contributed by atoms with Gasteiger partial charge in [-0.1, -0.05) is 18.2 Å². The van der Waals surface area contributed by atoms with E-state index in [0.717, 1.165) is 5.56 Å². The summed E-state index contributed by atoms with van der Waals surface area (Å²) in [5, 5.41) is -0.479. The summed E-state index contributed by atoms with van der Waals surface area (Å²) < 4.78 is 0. The first-order valence-electron chi connectivity index (χ1n) is 4.34. The topological polar surface area (TPSA) is 42.9 Å². The minimum absolute atomic E-state index is 0.446. The Morgan fingerprint density at radius 2 is 1.87 bits per heavy atom. The van der Waals surface area contributed by atoms with Crippen LogP contribution in [0.25, 0.3) is 11.4 Å². The fourth-order valence-corrected chi connectivity index (χ4v) is 1.35. The largest absolute Gasteiger partial charge is 0.276 e. The summed E-state index contributed by atoms with van der Waals surface area (Å²) >= 11 is 5.38. The molecule has 1 aromatic carbocycles. The van der Waals surface area contributed by atoms with Crippen LogP contribution in [0.4, 0.5) is 0 Å². The molecule has 0 fully saturated rings. The number of aromatic nitrogens is 2. The molecule has 0 aliphatic rings. The normalized spacial score (nSPS) is 9.93. The number of rotatable bonds is 2. The van der Waals surface area contributed by atoms with Gasteiger partial charge in [0.05, 0.1) is 0 Å². The molecule has 0 atom stereocenters. The zero-order chi connectivity index (χ0) is 10.7. The zero-order valence-electron chi connectivity index (χ0n) is 7.72. The van der Waals surface area contributed by atoms with Crippen molar-refractivity contribution in [2.45, 2.75) is 0 Å². The van der Waals surface area contributed by atoms with Crippen molar-refractivity contribution < 1.29 is 4.79 Å². The van der Waals surface area contributed by atoms with E-state index in [1.807, 2.05) is 6.07 Å². The fourth-order valence-electron chi connectivity index (χ4n) is 1.23. The summed E-state index contributed by atoms with van der Waals surface area (Å²) in [6, 6.07) is 8.65. The van der Waals surface area contributed by atoms with Crippen LogP contribution in [0.5, 0.6) is 0 Å². The van der Waals surface area contributed by atoms with Gasteiger partial charge in [0.2, 0.25) is 0 Å². The molecule has 0 saturated heterocycles. The Morgan fingerprint density at radius 3 is 2.53 bits per heavy atom. The number of hydrogen-bond acceptors (Lipinski definition) is 3. The lowest BCUT2D eigenvalue weighted by atomic mass is 10.1. The molecule has 0 aliphatic heterocycles. The molecular formula is C11H7ClN2O. The van der Waals surface area contributed by atoms with E-state index >= 15 is 0 Å². The van der Waals surface area contributed by atoms with E-state index in [0.29, 0.717) is 11.4 Å². The van der Waals surface area contributed by atoms with Crippen molar-refractivity contribution in [3.63, 3.8) is 0 Å². The van der Waals surface area contributed by atoms with Gasteiger partial charge in [-0.05, 0) is 23.7 Å². The molecule has 2 aromatic rings. The number of carbonyl (C=O) groups is 1. The molecule has 2 rings (SSSR count). The first-order chi connectivity index (χ1) is 7.27. The van der Waals surface area contributed by atoms with Gasteiger partial charge in [-0.2, -0.15) is 0 Å². The van der Waals surface area contributed by atoms with Crippen LogP contribution in [0.3, 0.4) is 0 Å². The third-order valence-corrected chi connectivity index (χ3v) is 2.13. The molecule has 0 amide bonds. The van der Waals surface area contributed by atoms with Crippen LogP contribution < -0.4 is 0 Å². The summed E-state index contributed by atoms with van der Waals surface area (Å²) in [7, 11) is 0. The highest BCUT2D eigenvalue weighted by molar-refractivity contribution is 6.67. The fraction of sp³-hybridized carbons (Fsp3) is 0. The lowest BCUT2D eigenvalue weighted by Gasteiger charge is -2.00. The summed E-state index contributed by atoms with van der Waals surface area (Å²) in [5.74, 6) is 0.581. The first kappa shape index (κ1) is 9.80. The minimum atomic E-state index is -0.479. The van der Waals surface area contributed by atoms with E-state index in [2.05, 4.69) is 9.97 Å². The Bertz CT molecular complexity index is 485. The van der Waals surface area contributed by atoms with Gasteiger partial charge in [0, 0.05) is 23.5 Å². The molecule has 0 spiro atoms. The molecule has 15 heavy (non-hydrogen) atoms. The molecule has 1 aromatic heterocycles. The summed E-state index contributed by atoms with van der Waals surface area (Å²) in [6.45, 7) is 0. The number of halogens is 1. The Balaban J connectivity index is 2.46. The third-order valence-electron chi connectivity index (χ3n) is 1.91. The van der Waals surface area contributed by atoms with Gasteiger partial charge in [-0.25, -0.2) is 9.97 Å². The quantitative estimate of drug-likeness (QED) is 0.728. The second-order valence-corrected chi connectivity index (χ2v) is 3.27. The van der Waals surface area contributed by atoms with E-state index in [4.69, 9.17) is 11.6 Å². The maximum Gasteiger partial charge on any atom is 0.252 e. The van der Waals surface area contributed by atoms with Gasteiger partial charge in [0.25, 0.3) is 5.24 Å².